The normalized spacial score (nSPS) is 19.1. The minimum Gasteiger partial charge on any atom is -0.494 e. The number of thioether (sulfide) groups is 1. The Kier molecular flexibility index (Phi) is 6.90. The molecule has 27 heavy (non-hydrogen) atoms. The van der Waals surface area contributed by atoms with Crippen molar-refractivity contribution >= 4 is 46.2 Å². The van der Waals surface area contributed by atoms with E-state index in [1.165, 1.54) is 29.5 Å². The summed E-state index contributed by atoms with van der Waals surface area (Å²) in [5, 5.41) is 3.05. The molecule has 144 valence electrons. The highest BCUT2D eigenvalue weighted by Gasteiger charge is 2.32. The third-order valence-corrected chi connectivity index (χ3v) is 6.02. The monoisotopic (exact) mass is 404 g/mol. The first-order valence-corrected chi connectivity index (χ1v) is 10.6. The Morgan fingerprint density at radius 2 is 2.04 bits per heavy atom. The van der Waals surface area contributed by atoms with Gasteiger partial charge >= 0.3 is 0 Å². The van der Waals surface area contributed by atoms with Crippen molar-refractivity contribution in [3.05, 3.63) is 34.7 Å². The third-order valence-electron chi connectivity index (χ3n) is 4.65. The Morgan fingerprint density at radius 3 is 2.70 bits per heavy atom. The first-order valence-electron chi connectivity index (χ1n) is 9.34. The van der Waals surface area contributed by atoms with Gasteiger partial charge in [-0.1, -0.05) is 49.0 Å². The fourth-order valence-corrected chi connectivity index (χ4v) is 4.56. The number of carbonyl (C=O) groups is 2. The number of benzene rings is 1. The standard InChI is InChI=1S/C20H24N2O3S2/c1-2-25-16-9-7-14(8-10-16)13-17-19(24)22(20(26)27-17)12-11-18(23)21-15-5-3-4-6-15/h7-10,13,15H,2-6,11-12H2,1H3,(H,21,23)/b17-13+. The van der Waals surface area contributed by atoms with Gasteiger partial charge in [-0.05, 0) is 43.5 Å². The first-order chi connectivity index (χ1) is 13.1. The van der Waals surface area contributed by atoms with Crippen LogP contribution in [0.25, 0.3) is 6.08 Å². The van der Waals surface area contributed by atoms with Gasteiger partial charge in [-0.3, -0.25) is 14.5 Å². The maximum atomic E-state index is 12.6. The summed E-state index contributed by atoms with van der Waals surface area (Å²) in [7, 11) is 0. The van der Waals surface area contributed by atoms with Gasteiger partial charge in [0.2, 0.25) is 5.91 Å². The number of nitrogens with zero attached hydrogens (tertiary/aromatic N) is 1. The molecule has 3 rings (SSSR count). The Labute approximate surface area is 169 Å². The van der Waals surface area contributed by atoms with Crippen LogP contribution in [0, 0.1) is 0 Å². The van der Waals surface area contributed by atoms with Crippen molar-refractivity contribution < 1.29 is 14.3 Å². The molecule has 2 aliphatic rings. The van der Waals surface area contributed by atoms with E-state index in [2.05, 4.69) is 5.32 Å². The van der Waals surface area contributed by atoms with Crippen LogP contribution >= 0.6 is 24.0 Å². The van der Waals surface area contributed by atoms with Crippen LogP contribution in [0.4, 0.5) is 0 Å². The lowest BCUT2D eigenvalue weighted by Crippen LogP contribution is -2.37. The van der Waals surface area contributed by atoms with Crippen molar-refractivity contribution in [3.8, 4) is 5.75 Å². The summed E-state index contributed by atoms with van der Waals surface area (Å²) in [5.74, 6) is 0.662. The number of carbonyl (C=O) groups excluding carboxylic acids is 2. The zero-order valence-corrected chi connectivity index (χ0v) is 17.0. The van der Waals surface area contributed by atoms with Crippen molar-refractivity contribution in [2.45, 2.75) is 45.1 Å². The lowest BCUT2D eigenvalue weighted by atomic mass is 10.2. The summed E-state index contributed by atoms with van der Waals surface area (Å²) in [6, 6.07) is 7.87. The minimum absolute atomic E-state index is 0.00792. The van der Waals surface area contributed by atoms with E-state index in [1.54, 1.807) is 0 Å². The van der Waals surface area contributed by atoms with E-state index in [1.807, 2.05) is 37.3 Å². The fourth-order valence-electron chi connectivity index (χ4n) is 3.25. The van der Waals surface area contributed by atoms with Crippen LogP contribution in [0.1, 0.15) is 44.6 Å². The van der Waals surface area contributed by atoms with Crippen molar-refractivity contribution in [1.82, 2.24) is 10.2 Å². The van der Waals surface area contributed by atoms with Crippen molar-refractivity contribution in [3.63, 3.8) is 0 Å². The number of ether oxygens (including phenoxy) is 1. The minimum atomic E-state index is -0.132. The molecule has 0 spiro atoms. The maximum absolute atomic E-state index is 12.6. The van der Waals surface area contributed by atoms with E-state index < -0.39 is 0 Å². The summed E-state index contributed by atoms with van der Waals surface area (Å²) in [4.78, 5) is 26.8. The van der Waals surface area contributed by atoms with E-state index in [-0.39, 0.29) is 18.2 Å². The number of nitrogens with one attached hydrogen (secondary N) is 1. The molecular formula is C20H24N2O3S2. The molecule has 2 fully saturated rings. The molecule has 1 aromatic carbocycles. The van der Waals surface area contributed by atoms with Crippen LogP contribution in [0.5, 0.6) is 5.75 Å². The molecule has 0 bridgehead atoms. The van der Waals surface area contributed by atoms with E-state index in [9.17, 15) is 9.59 Å². The van der Waals surface area contributed by atoms with Crippen molar-refractivity contribution in [2.24, 2.45) is 0 Å². The maximum Gasteiger partial charge on any atom is 0.266 e. The summed E-state index contributed by atoms with van der Waals surface area (Å²) >= 11 is 6.62. The third kappa shape index (κ3) is 5.32. The molecule has 1 saturated heterocycles. The SMILES string of the molecule is CCOc1ccc(/C=C2/SC(=S)N(CCC(=O)NC3CCCC3)C2=O)cc1. The van der Waals surface area contributed by atoms with E-state index in [4.69, 9.17) is 17.0 Å². The van der Waals surface area contributed by atoms with Crippen LogP contribution < -0.4 is 10.1 Å². The zero-order chi connectivity index (χ0) is 19.2. The molecule has 1 N–H and O–H groups in total. The highest BCUT2D eigenvalue weighted by Crippen LogP contribution is 2.32. The Bertz CT molecular complexity index is 740. The van der Waals surface area contributed by atoms with Gasteiger partial charge in [0.1, 0.15) is 10.1 Å². The van der Waals surface area contributed by atoms with Crippen LogP contribution in [0.2, 0.25) is 0 Å². The van der Waals surface area contributed by atoms with Crippen LogP contribution in [0.3, 0.4) is 0 Å². The molecule has 1 heterocycles. The van der Waals surface area contributed by atoms with Gasteiger partial charge < -0.3 is 10.1 Å². The smallest absolute Gasteiger partial charge is 0.266 e. The van der Waals surface area contributed by atoms with Gasteiger partial charge in [0, 0.05) is 19.0 Å². The molecule has 0 radical (unpaired) electrons. The predicted octanol–water partition coefficient (Wildman–Crippen LogP) is 3.74. The van der Waals surface area contributed by atoms with Gasteiger partial charge in [-0.15, -0.1) is 0 Å². The summed E-state index contributed by atoms with van der Waals surface area (Å²) < 4.78 is 5.93. The zero-order valence-electron chi connectivity index (χ0n) is 15.4. The molecule has 0 aromatic heterocycles. The highest BCUT2D eigenvalue weighted by molar-refractivity contribution is 8.26. The Morgan fingerprint density at radius 1 is 1.33 bits per heavy atom. The van der Waals surface area contributed by atoms with Gasteiger partial charge in [0.15, 0.2) is 0 Å². The van der Waals surface area contributed by atoms with Gasteiger partial charge in [0.05, 0.1) is 11.5 Å². The molecule has 0 atom stereocenters. The number of amides is 2. The van der Waals surface area contributed by atoms with E-state index >= 15 is 0 Å². The summed E-state index contributed by atoms with van der Waals surface area (Å²) in [5.41, 5.74) is 0.915. The second-order valence-electron chi connectivity index (χ2n) is 6.63. The molecule has 1 aliphatic heterocycles. The highest BCUT2D eigenvalue weighted by atomic mass is 32.2. The van der Waals surface area contributed by atoms with Crippen LogP contribution in [-0.4, -0.2) is 40.2 Å². The Hall–Kier alpha value is -1.86. The number of hydrogen-bond acceptors (Lipinski definition) is 5. The Balaban J connectivity index is 1.56. The molecule has 1 aromatic rings. The van der Waals surface area contributed by atoms with Crippen LogP contribution in [-0.2, 0) is 9.59 Å². The summed E-state index contributed by atoms with van der Waals surface area (Å²) in [6.45, 7) is 2.88. The predicted molar refractivity (Wildman–Crippen MR) is 113 cm³/mol. The lowest BCUT2D eigenvalue weighted by Gasteiger charge is -2.16. The van der Waals surface area contributed by atoms with Crippen LogP contribution in [0.15, 0.2) is 29.2 Å². The quantitative estimate of drug-likeness (QED) is 0.554. The number of rotatable bonds is 7. The average molecular weight is 405 g/mol. The van der Waals surface area contributed by atoms with Gasteiger partial charge in [-0.25, -0.2) is 0 Å². The first kappa shape index (κ1) is 19.9. The topological polar surface area (TPSA) is 58.6 Å². The molecule has 1 saturated carbocycles. The molecule has 1 aliphatic carbocycles. The largest absolute Gasteiger partial charge is 0.494 e. The van der Waals surface area contributed by atoms with Gasteiger partial charge in [-0.2, -0.15) is 0 Å². The van der Waals surface area contributed by atoms with E-state index in [0.29, 0.717) is 28.4 Å². The lowest BCUT2D eigenvalue weighted by molar-refractivity contribution is -0.124. The molecule has 0 unspecified atom stereocenters. The second kappa shape index (κ2) is 9.37. The summed E-state index contributed by atoms with van der Waals surface area (Å²) in [6.07, 6.45) is 6.56. The molecule has 2 amide bonds. The van der Waals surface area contributed by atoms with Crippen molar-refractivity contribution in [1.29, 1.82) is 0 Å². The molecule has 5 nitrogen and oxygen atoms in total. The van der Waals surface area contributed by atoms with Crippen molar-refractivity contribution in [2.75, 3.05) is 13.2 Å². The van der Waals surface area contributed by atoms with Gasteiger partial charge in [0.25, 0.3) is 5.91 Å². The molecular weight excluding hydrogens is 380 g/mol. The number of thiocarbonyl (C=S) groups is 1. The molecule has 7 heteroatoms. The number of hydrogen-bond donors (Lipinski definition) is 1. The average Bonchev–Trinajstić information content (AvgIpc) is 3.24. The van der Waals surface area contributed by atoms with E-state index in [0.717, 1.165) is 24.2 Å². The fraction of sp³-hybridized carbons (Fsp3) is 0.450. The second-order valence-corrected chi connectivity index (χ2v) is 8.31.